The summed E-state index contributed by atoms with van der Waals surface area (Å²) >= 11 is 0. The molecule has 14 heteroatoms. The standard InChI is InChI=1S/C40H44F2N2O10/c1-37(2,20-43-31(48)11-13-44-32(49)8-9-33(44)50)36(51)52-19-29(47)40-30(53-35(54-40)21-6-5-7-22(41)14-21)17-25-24-16-27(42)26-15-23(45)10-12-38(26,3)34(24)28(46)18-39(25,40)4/h5-10,12,14-15,24-25,27-28,30,34-35,46H,11,13,16-20H2,1-4H3,(H,43,48)/t24-,25?,27-,28-,30+,34?,35+,38-,39-,40+/m0/s1. The number of alkyl halides is 1. The van der Waals surface area contributed by atoms with Gasteiger partial charge in [0.25, 0.3) is 11.8 Å². The molecule has 4 aliphatic carbocycles. The van der Waals surface area contributed by atoms with Gasteiger partial charge in [0.05, 0.1) is 17.6 Å². The van der Waals surface area contributed by atoms with Crippen molar-refractivity contribution in [3.63, 3.8) is 0 Å². The molecule has 7 rings (SSSR count). The zero-order chi connectivity index (χ0) is 39.0. The first kappa shape index (κ1) is 37.9. The minimum absolute atomic E-state index is 0.0191. The fourth-order valence-corrected chi connectivity index (χ4v) is 10.2. The summed E-state index contributed by atoms with van der Waals surface area (Å²) in [6.07, 6.45) is 2.21. The van der Waals surface area contributed by atoms with Crippen LogP contribution < -0.4 is 5.32 Å². The second-order valence-corrected chi connectivity index (χ2v) is 16.5. The van der Waals surface area contributed by atoms with Gasteiger partial charge in [-0.25, -0.2) is 8.78 Å². The predicted molar refractivity (Wildman–Crippen MR) is 185 cm³/mol. The Hall–Kier alpha value is -4.40. The fraction of sp³-hybridized carbons (Fsp3) is 0.550. The van der Waals surface area contributed by atoms with Crippen LogP contribution in [0, 0.1) is 39.8 Å². The summed E-state index contributed by atoms with van der Waals surface area (Å²) in [5, 5.41) is 14.6. The number of imide groups is 1. The highest BCUT2D eigenvalue weighted by molar-refractivity contribution is 6.13. The third-order valence-electron chi connectivity index (χ3n) is 12.8. The number of ether oxygens (including phenoxy) is 3. The number of allylic oxidation sites excluding steroid dienone is 4. The Bertz CT molecular complexity index is 1890. The summed E-state index contributed by atoms with van der Waals surface area (Å²) in [5.41, 5.74) is -4.51. The van der Waals surface area contributed by atoms with Crippen molar-refractivity contribution >= 4 is 35.3 Å². The van der Waals surface area contributed by atoms with E-state index in [2.05, 4.69) is 5.32 Å². The Balaban J connectivity index is 1.10. The SMILES string of the molecule is CC(C)(CNC(=O)CCN1C(=O)C=CC1=O)C(=O)OCC(=O)[C@@]12O[C@H](c3cccc(F)c3)O[C@@H]1CC1[C@@H]3C[C@H](F)C4=CC(=O)C=C[C@]4(C)C3[C@@H](O)C[C@@]12C. The molecule has 10 atom stereocenters. The largest absolute Gasteiger partial charge is 0.457 e. The number of aliphatic hydroxyl groups is 1. The molecule has 0 radical (unpaired) electrons. The monoisotopic (exact) mass is 750 g/mol. The molecule has 2 unspecified atom stereocenters. The zero-order valence-corrected chi connectivity index (χ0v) is 30.5. The topological polar surface area (TPSA) is 166 Å². The van der Waals surface area contributed by atoms with Crippen molar-refractivity contribution in [2.24, 2.45) is 34.0 Å². The first-order chi connectivity index (χ1) is 25.4. The Morgan fingerprint density at radius 1 is 1.09 bits per heavy atom. The van der Waals surface area contributed by atoms with E-state index in [0.29, 0.717) is 11.1 Å². The van der Waals surface area contributed by atoms with Gasteiger partial charge in [0.2, 0.25) is 11.7 Å². The smallest absolute Gasteiger partial charge is 0.313 e. The third kappa shape index (κ3) is 5.97. The molecule has 3 saturated carbocycles. The molecule has 288 valence electrons. The number of benzene rings is 1. The maximum Gasteiger partial charge on any atom is 0.313 e. The molecule has 1 aromatic rings. The number of carbonyl (C=O) groups is 6. The first-order valence-electron chi connectivity index (χ1n) is 18.3. The van der Waals surface area contributed by atoms with Crippen LogP contribution in [0.15, 0.2) is 60.2 Å². The average Bonchev–Trinajstić information content (AvgIpc) is 3.74. The van der Waals surface area contributed by atoms with Crippen molar-refractivity contribution in [1.29, 1.82) is 0 Å². The first-order valence-corrected chi connectivity index (χ1v) is 18.3. The number of esters is 1. The number of nitrogens with one attached hydrogen (secondary N) is 1. The van der Waals surface area contributed by atoms with Crippen LogP contribution in [-0.4, -0.2) is 88.9 Å². The van der Waals surface area contributed by atoms with Gasteiger partial charge in [0.15, 0.2) is 24.3 Å². The number of aliphatic hydroxyl groups excluding tert-OH is 1. The van der Waals surface area contributed by atoms with Gasteiger partial charge in [-0.05, 0) is 74.8 Å². The van der Waals surface area contributed by atoms with E-state index in [1.807, 2.05) is 13.8 Å². The Kier molecular flexibility index (Phi) is 9.41. The number of rotatable bonds is 10. The number of hydrogen-bond acceptors (Lipinski definition) is 10. The highest BCUT2D eigenvalue weighted by atomic mass is 19.1. The van der Waals surface area contributed by atoms with E-state index >= 15 is 4.39 Å². The lowest BCUT2D eigenvalue weighted by Crippen LogP contribution is -2.64. The summed E-state index contributed by atoms with van der Waals surface area (Å²) in [6.45, 7) is 5.63. The second-order valence-electron chi connectivity index (χ2n) is 16.5. The zero-order valence-electron chi connectivity index (χ0n) is 30.5. The molecular formula is C40H44F2N2O10. The molecule has 54 heavy (non-hydrogen) atoms. The van der Waals surface area contributed by atoms with E-state index in [1.54, 1.807) is 12.1 Å². The number of carbonyl (C=O) groups excluding carboxylic acids is 6. The molecule has 1 saturated heterocycles. The minimum atomic E-state index is -1.78. The number of nitrogens with zero attached hydrogens (tertiary/aromatic N) is 1. The number of Topliss-reactive ketones (excluding diaryl/α,β-unsaturated/α-hetero) is 1. The van der Waals surface area contributed by atoms with Gasteiger partial charge >= 0.3 is 5.97 Å². The normalized spacial score (nSPS) is 36.6. The van der Waals surface area contributed by atoms with Crippen LogP contribution in [-0.2, 0) is 43.0 Å². The van der Waals surface area contributed by atoms with Gasteiger partial charge in [0.1, 0.15) is 12.0 Å². The minimum Gasteiger partial charge on any atom is -0.457 e. The number of hydrogen-bond donors (Lipinski definition) is 2. The number of fused-ring (bicyclic) bond motifs is 7. The molecule has 2 aliphatic heterocycles. The molecule has 6 aliphatic rings. The van der Waals surface area contributed by atoms with Gasteiger partial charge in [-0.15, -0.1) is 0 Å². The Morgan fingerprint density at radius 2 is 1.81 bits per heavy atom. The van der Waals surface area contributed by atoms with E-state index in [9.17, 15) is 38.3 Å². The highest BCUT2D eigenvalue weighted by Gasteiger charge is 2.76. The van der Waals surface area contributed by atoms with Crippen LogP contribution in [0.25, 0.3) is 0 Å². The van der Waals surface area contributed by atoms with Gasteiger partial charge < -0.3 is 24.6 Å². The van der Waals surface area contributed by atoms with E-state index < -0.39 is 100 Å². The van der Waals surface area contributed by atoms with Crippen LogP contribution in [0.2, 0.25) is 0 Å². The van der Waals surface area contributed by atoms with Gasteiger partial charge in [0, 0.05) is 54.0 Å². The number of halogens is 2. The lowest BCUT2D eigenvalue weighted by Gasteiger charge is -2.60. The lowest BCUT2D eigenvalue weighted by atomic mass is 9.46. The summed E-state index contributed by atoms with van der Waals surface area (Å²) < 4.78 is 49.0. The lowest BCUT2D eigenvalue weighted by molar-refractivity contribution is -0.204. The molecule has 12 nitrogen and oxygen atoms in total. The van der Waals surface area contributed by atoms with E-state index in [4.69, 9.17) is 14.2 Å². The van der Waals surface area contributed by atoms with Crippen LogP contribution in [0.1, 0.15) is 65.2 Å². The van der Waals surface area contributed by atoms with Crippen LogP contribution in [0.5, 0.6) is 0 Å². The van der Waals surface area contributed by atoms with Crippen LogP contribution in [0.4, 0.5) is 8.78 Å². The van der Waals surface area contributed by atoms with Gasteiger partial charge in [-0.2, -0.15) is 0 Å². The molecule has 0 aromatic heterocycles. The van der Waals surface area contributed by atoms with Crippen LogP contribution in [0.3, 0.4) is 0 Å². The third-order valence-corrected chi connectivity index (χ3v) is 12.8. The molecule has 2 heterocycles. The summed E-state index contributed by atoms with van der Waals surface area (Å²) in [4.78, 5) is 77.4. The van der Waals surface area contributed by atoms with Gasteiger partial charge in [-0.1, -0.05) is 32.1 Å². The Morgan fingerprint density at radius 3 is 2.52 bits per heavy atom. The Labute approximate surface area is 310 Å². The molecular weight excluding hydrogens is 706 g/mol. The quantitative estimate of drug-likeness (QED) is 0.268. The number of ketones is 2. The van der Waals surface area contributed by atoms with Crippen molar-refractivity contribution in [3.8, 4) is 0 Å². The predicted octanol–water partition coefficient (Wildman–Crippen LogP) is 3.38. The van der Waals surface area contributed by atoms with E-state index in [-0.39, 0.29) is 50.5 Å². The van der Waals surface area contributed by atoms with Crippen LogP contribution >= 0.6 is 0 Å². The molecule has 0 spiro atoms. The van der Waals surface area contributed by atoms with Crippen molar-refractivity contribution in [2.75, 3.05) is 19.7 Å². The number of amides is 3. The fourth-order valence-electron chi connectivity index (χ4n) is 10.2. The summed E-state index contributed by atoms with van der Waals surface area (Å²) in [7, 11) is 0. The molecule has 1 aromatic carbocycles. The van der Waals surface area contributed by atoms with E-state index in [1.165, 1.54) is 44.2 Å². The molecule has 2 N–H and O–H groups in total. The van der Waals surface area contributed by atoms with Crippen molar-refractivity contribution in [2.45, 2.75) is 83.6 Å². The molecule has 3 amide bonds. The summed E-state index contributed by atoms with van der Waals surface area (Å²) in [6, 6.07) is 5.60. The molecule has 0 bridgehead atoms. The second kappa shape index (κ2) is 13.4. The van der Waals surface area contributed by atoms with Crippen molar-refractivity contribution < 1.29 is 56.9 Å². The molecule has 4 fully saturated rings. The summed E-state index contributed by atoms with van der Waals surface area (Å²) in [5.74, 6) is -5.12. The highest BCUT2D eigenvalue weighted by Crippen LogP contribution is 2.70. The van der Waals surface area contributed by atoms with E-state index in [0.717, 1.165) is 17.1 Å². The average molecular weight is 751 g/mol. The van der Waals surface area contributed by atoms with Crippen molar-refractivity contribution in [3.05, 3.63) is 71.6 Å². The maximum atomic E-state index is 16.0. The maximum absolute atomic E-state index is 16.0. The van der Waals surface area contributed by atoms with Crippen molar-refractivity contribution in [1.82, 2.24) is 10.2 Å². The van der Waals surface area contributed by atoms with Gasteiger partial charge in [-0.3, -0.25) is 33.7 Å².